The number of aliphatic hydroxyl groups is 1. The van der Waals surface area contributed by atoms with E-state index in [0.717, 1.165) is 24.1 Å². The van der Waals surface area contributed by atoms with Gasteiger partial charge in [0.2, 0.25) is 0 Å². The number of benzene rings is 1. The third-order valence-electron chi connectivity index (χ3n) is 6.04. The van der Waals surface area contributed by atoms with Gasteiger partial charge in [-0.2, -0.15) is 0 Å². The van der Waals surface area contributed by atoms with E-state index >= 15 is 0 Å². The van der Waals surface area contributed by atoms with Gasteiger partial charge in [0.05, 0.1) is 17.8 Å². The van der Waals surface area contributed by atoms with Crippen molar-refractivity contribution < 1.29 is 14.7 Å². The van der Waals surface area contributed by atoms with Crippen LogP contribution in [0.15, 0.2) is 65.7 Å². The second-order valence-electron chi connectivity index (χ2n) is 7.95. The summed E-state index contributed by atoms with van der Waals surface area (Å²) in [6.07, 6.45) is 5.93. The number of aliphatic hydroxyl groups excluding tert-OH is 1. The lowest BCUT2D eigenvalue weighted by Crippen LogP contribution is -2.29. The molecule has 1 amide bonds. The summed E-state index contributed by atoms with van der Waals surface area (Å²) in [4.78, 5) is 33.0. The van der Waals surface area contributed by atoms with E-state index in [-0.39, 0.29) is 11.3 Å². The molecule has 3 aromatic rings. The monoisotopic (exact) mass is 430 g/mol. The van der Waals surface area contributed by atoms with Crippen LogP contribution in [0.1, 0.15) is 46.1 Å². The number of carbonyl (C=O) groups excluding carboxylic acids is 2. The van der Waals surface area contributed by atoms with Crippen LogP contribution in [-0.4, -0.2) is 26.7 Å². The van der Waals surface area contributed by atoms with Crippen LogP contribution in [0.25, 0.3) is 5.76 Å². The average molecular weight is 431 g/mol. The summed E-state index contributed by atoms with van der Waals surface area (Å²) >= 11 is 1.53. The third kappa shape index (κ3) is 3.57. The van der Waals surface area contributed by atoms with Gasteiger partial charge in [0.15, 0.2) is 0 Å². The zero-order chi connectivity index (χ0) is 21.4. The lowest BCUT2D eigenvalue weighted by Gasteiger charge is -2.24. The lowest BCUT2D eigenvalue weighted by atomic mass is 9.89. The third-order valence-corrected chi connectivity index (χ3v) is 6.90. The van der Waals surface area contributed by atoms with Crippen molar-refractivity contribution in [2.45, 2.75) is 38.3 Å². The second kappa shape index (κ2) is 8.12. The summed E-state index contributed by atoms with van der Waals surface area (Å²) in [6.45, 7) is 0.296. The first-order chi connectivity index (χ1) is 15.1. The van der Waals surface area contributed by atoms with Crippen LogP contribution in [0.2, 0.25) is 0 Å². The molecule has 5 nitrogen and oxygen atoms in total. The fourth-order valence-electron chi connectivity index (χ4n) is 4.49. The number of nitrogens with zero attached hydrogens (tertiary/aromatic N) is 2. The number of hydrogen-bond donors (Lipinski definition) is 1. The second-order valence-corrected chi connectivity index (χ2v) is 8.98. The molecule has 1 N–H and O–H groups in total. The van der Waals surface area contributed by atoms with Gasteiger partial charge in [-0.25, -0.2) is 0 Å². The van der Waals surface area contributed by atoms with E-state index in [9.17, 15) is 14.7 Å². The zero-order valence-corrected chi connectivity index (χ0v) is 17.8. The van der Waals surface area contributed by atoms with Gasteiger partial charge >= 0.3 is 0 Å². The first-order valence-corrected chi connectivity index (χ1v) is 11.4. The molecule has 5 rings (SSSR count). The molecule has 156 valence electrons. The van der Waals surface area contributed by atoms with Crippen molar-refractivity contribution in [3.8, 4) is 0 Å². The average Bonchev–Trinajstić information content (AvgIpc) is 3.41. The van der Waals surface area contributed by atoms with Crippen LogP contribution in [0.3, 0.4) is 0 Å². The molecule has 0 radical (unpaired) electrons. The minimum absolute atomic E-state index is 0.107. The predicted molar refractivity (Wildman–Crippen MR) is 119 cm³/mol. The van der Waals surface area contributed by atoms with Crippen LogP contribution in [0, 0.1) is 0 Å². The number of aromatic nitrogens is 1. The molecular weight excluding hydrogens is 408 g/mol. The highest BCUT2D eigenvalue weighted by Gasteiger charge is 2.46. The Bertz CT molecular complexity index is 1170. The minimum atomic E-state index is -0.723. The van der Waals surface area contributed by atoms with Gasteiger partial charge < -0.3 is 10.0 Å². The van der Waals surface area contributed by atoms with Crippen molar-refractivity contribution in [1.29, 1.82) is 0 Å². The summed E-state index contributed by atoms with van der Waals surface area (Å²) in [7, 11) is 0. The maximum Gasteiger partial charge on any atom is 0.296 e. The molecule has 2 aromatic heterocycles. The highest BCUT2D eigenvalue weighted by Crippen LogP contribution is 2.40. The van der Waals surface area contributed by atoms with Gasteiger partial charge in [-0.15, -0.1) is 11.3 Å². The molecule has 1 aromatic carbocycles. The maximum atomic E-state index is 13.1. The molecule has 1 atom stereocenters. The molecule has 1 unspecified atom stereocenters. The van der Waals surface area contributed by atoms with Crippen LogP contribution < -0.4 is 0 Å². The molecular formula is C25H22N2O3S. The standard InChI is InChI=1S/C25H22N2O3S/c28-23(18-11-10-16-6-1-2-7-17(16)14-18)21-22(20-9-3-4-12-26-20)27(25(30)24(21)29)15-19-8-5-13-31-19/h3-5,8-14,22,28H,1-2,6-7,15H2/b23-21-. The van der Waals surface area contributed by atoms with Gasteiger partial charge in [0.25, 0.3) is 11.7 Å². The molecule has 1 saturated heterocycles. The highest BCUT2D eigenvalue weighted by atomic mass is 32.1. The first-order valence-electron chi connectivity index (χ1n) is 10.5. The van der Waals surface area contributed by atoms with E-state index in [1.165, 1.54) is 33.8 Å². The van der Waals surface area contributed by atoms with Crippen molar-refractivity contribution in [2.24, 2.45) is 0 Å². The number of aryl methyl sites for hydroxylation is 2. The van der Waals surface area contributed by atoms with Crippen molar-refractivity contribution in [3.63, 3.8) is 0 Å². The molecule has 1 aliphatic carbocycles. The topological polar surface area (TPSA) is 70.5 Å². The summed E-state index contributed by atoms with van der Waals surface area (Å²) < 4.78 is 0. The van der Waals surface area contributed by atoms with Gasteiger partial charge in [-0.3, -0.25) is 14.6 Å². The summed E-state index contributed by atoms with van der Waals surface area (Å²) in [5.74, 6) is -1.40. The Morgan fingerprint density at radius 2 is 1.90 bits per heavy atom. The molecule has 0 bridgehead atoms. The normalized spacial score (nSPS) is 20.1. The Morgan fingerprint density at radius 1 is 1.06 bits per heavy atom. The molecule has 0 spiro atoms. The van der Waals surface area contributed by atoms with Crippen molar-refractivity contribution in [3.05, 3.63) is 92.9 Å². The maximum absolute atomic E-state index is 13.1. The number of rotatable bonds is 4. The van der Waals surface area contributed by atoms with E-state index in [1.807, 2.05) is 41.8 Å². The molecule has 1 fully saturated rings. The fraction of sp³-hybridized carbons (Fsp3) is 0.240. The quantitative estimate of drug-likeness (QED) is 0.372. The summed E-state index contributed by atoms with van der Waals surface area (Å²) in [5, 5.41) is 13.2. The zero-order valence-electron chi connectivity index (χ0n) is 17.0. The fourth-order valence-corrected chi connectivity index (χ4v) is 5.20. The van der Waals surface area contributed by atoms with E-state index in [1.54, 1.807) is 18.3 Å². The van der Waals surface area contributed by atoms with Gasteiger partial charge in [-0.1, -0.05) is 24.3 Å². The van der Waals surface area contributed by atoms with Gasteiger partial charge in [0, 0.05) is 16.6 Å². The minimum Gasteiger partial charge on any atom is -0.507 e. The van der Waals surface area contributed by atoms with Gasteiger partial charge in [0.1, 0.15) is 11.8 Å². The Morgan fingerprint density at radius 3 is 2.65 bits per heavy atom. The number of likely N-dealkylation sites (tertiary alicyclic amines) is 1. The highest BCUT2D eigenvalue weighted by molar-refractivity contribution is 7.09. The molecule has 6 heteroatoms. The largest absolute Gasteiger partial charge is 0.507 e. The number of Topliss-reactive ketones (excluding diaryl/α,β-unsaturated/α-hetero) is 1. The number of thiophene rings is 1. The van der Waals surface area contributed by atoms with E-state index in [0.29, 0.717) is 17.8 Å². The van der Waals surface area contributed by atoms with Crippen molar-refractivity contribution >= 4 is 28.8 Å². The molecule has 0 saturated carbocycles. The summed E-state index contributed by atoms with van der Waals surface area (Å²) in [5.41, 5.74) is 3.75. The first kappa shape index (κ1) is 19.7. The van der Waals surface area contributed by atoms with E-state index < -0.39 is 17.7 Å². The number of ketones is 1. The number of hydrogen-bond acceptors (Lipinski definition) is 5. The van der Waals surface area contributed by atoms with Crippen molar-refractivity contribution in [1.82, 2.24) is 9.88 Å². The number of fused-ring (bicyclic) bond motifs is 1. The van der Waals surface area contributed by atoms with Crippen LogP contribution in [-0.2, 0) is 29.0 Å². The molecule has 2 aliphatic rings. The van der Waals surface area contributed by atoms with E-state index in [2.05, 4.69) is 4.98 Å². The van der Waals surface area contributed by atoms with Crippen molar-refractivity contribution in [2.75, 3.05) is 0 Å². The van der Waals surface area contributed by atoms with Gasteiger partial charge in [-0.05, 0) is 66.5 Å². The smallest absolute Gasteiger partial charge is 0.296 e. The number of carbonyl (C=O) groups is 2. The van der Waals surface area contributed by atoms with Crippen LogP contribution >= 0.6 is 11.3 Å². The van der Waals surface area contributed by atoms with E-state index in [4.69, 9.17) is 0 Å². The molecule has 3 heterocycles. The lowest BCUT2D eigenvalue weighted by molar-refractivity contribution is -0.140. The Labute approximate surface area is 184 Å². The number of amides is 1. The Balaban J connectivity index is 1.63. The summed E-state index contributed by atoms with van der Waals surface area (Å²) in [6, 6.07) is 14.4. The Kier molecular flexibility index (Phi) is 5.16. The molecule has 1 aliphatic heterocycles. The Hall–Kier alpha value is -3.25. The van der Waals surface area contributed by atoms with Crippen LogP contribution in [0.4, 0.5) is 0 Å². The van der Waals surface area contributed by atoms with Crippen LogP contribution in [0.5, 0.6) is 0 Å². The predicted octanol–water partition coefficient (Wildman–Crippen LogP) is 4.64. The number of pyridine rings is 1. The SMILES string of the molecule is O=C1C(=O)N(Cc2cccs2)C(c2ccccn2)/C1=C(/O)c1ccc2c(c1)CCCC2. The molecule has 31 heavy (non-hydrogen) atoms.